The molecule has 0 spiro atoms. The lowest BCUT2D eigenvalue weighted by Gasteiger charge is -2.04. The molecule has 0 N–H and O–H groups in total. The molecule has 0 fully saturated rings. The number of aromatic nitrogens is 1. The molecule has 0 unspecified atom stereocenters. The van der Waals surface area contributed by atoms with Gasteiger partial charge in [-0.2, -0.15) is 4.99 Å². The van der Waals surface area contributed by atoms with Gasteiger partial charge in [-0.25, -0.2) is 12.8 Å². The Labute approximate surface area is 184 Å². The van der Waals surface area contributed by atoms with Crippen LogP contribution in [0.15, 0.2) is 65.0 Å². The molecule has 6 nitrogen and oxygen atoms in total. The average Bonchev–Trinajstić information content (AvgIpc) is 3.05. The number of hydrogen-bond acceptors (Lipinski definition) is 5. The van der Waals surface area contributed by atoms with Crippen molar-refractivity contribution in [2.75, 3.05) is 12.4 Å². The van der Waals surface area contributed by atoms with Gasteiger partial charge in [0.1, 0.15) is 11.6 Å². The van der Waals surface area contributed by atoms with Crippen LogP contribution in [0.3, 0.4) is 0 Å². The number of nitrogens with zero attached hydrogens (tertiary/aromatic N) is 2. The van der Waals surface area contributed by atoms with Gasteiger partial charge in [-0.3, -0.25) is 4.79 Å². The Morgan fingerprint density at radius 3 is 2.68 bits per heavy atom. The Bertz CT molecular complexity index is 1260. The fourth-order valence-electron chi connectivity index (χ4n) is 3.04. The molecule has 0 aliphatic carbocycles. The molecule has 3 rings (SSSR count). The molecular weight excluding hydrogens is 439 g/mol. The van der Waals surface area contributed by atoms with Crippen molar-refractivity contribution in [1.29, 1.82) is 0 Å². The molecule has 0 aliphatic rings. The number of hydrogen-bond donors (Lipinski definition) is 0. The highest BCUT2D eigenvalue weighted by atomic mass is 32.2. The topological polar surface area (TPSA) is 77.7 Å². The predicted molar refractivity (Wildman–Crippen MR) is 119 cm³/mol. The molecule has 0 saturated carbocycles. The summed E-state index contributed by atoms with van der Waals surface area (Å²) in [6.45, 7) is 6.71. The number of carbonyl (C=O) groups excluding carboxylic acids is 1. The summed E-state index contributed by atoms with van der Waals surface area (Å²) in [5.74, 6) is -0.372. The molecule has 0 atom stereocenters. The number of halogens is 1. The lowest BCUT2D eigenvalue weighted by Crippen LogP contribution is -2.16. The molecule has 0 bridgehead atoms. The third-order valence-electron chi connectivity index (χ3n) is 4.47. The van der Waals surface area contributed by atoms with Gasteiger partial charge in [-0.15, -0.1) is 6.58 Å². The van der Waals surface area contributed by atoms with Crippen LogP contribution < -0.4 is 9.54 Å². The van der Waals surface area contributed by atoms with E-state index in [1.54, 1.807) is 6.08 Å². The van der Waals surface area contributed by atoms with E-state index < -0.39 is 21.6 Å². The summed E-state index contributed by atoms with van der Waals surface area (Å²) in [4.78, 5) is 17.2. The van der Waals surface area contributed by atoms with E-state index in [1.165, 1.54) is 23.5 Å². The van der Waals surface area contributed by atoms with Gasteiger partial charge in [0.2, 0.25) is 5.91 Å². The highest BCUT2D eigenvalue weighted by Gasteiger charge is 2.15. The van der Waals surface area contributed by atoms with Gasteiger partial charge >= 0.3 is 0 Å². The van der Waals surface area contributed by atoms with E-state index >= 15 is 0 Å². The van der Waals surface area contributed by atoms with Crippen LogP contribution in [0.1, 0.15) is 19.8 Å². The van der Waals surface area contributed by atoms with Crippen LogP contribution in [0, 0.1) is 5.82 Å². The largest absolute Gasteiger partial charge is 0.494 e. The maximum atomic E-state index is 13.0. The van der Waals surface area contributed by atoms with E-state index in [0.29, 0.717) is 18.0 Å². The summed E-state index contributed by atoms with van der Waals surface area (Å²) in [6, 6.07) is 10.3. The average molecular weight is 463 g/mol. The first-order valence-electron chi connectivity index (χ1n) is 9.77. The summed E-state index contributed by atoms with van der Waals surface area (Å²) in [7, 11) is -3.58. The number of carbonyl (C=O) groups is 1. The van der Waals surface area contributed by atoms with Crippen molar-refractivity contribution in [1.82, 2.24) is 4.57 Å². The zero-order valence-electron chi connectivity index (χ0n) is 17.1. The summed E-state index contributed by atoms with van der Waals surface area (Å²) in [6.07, 6.45) is 1.84. The van der Waals surface area contributed by atoms with Crippen molar-refractivity contribution in [3.05, 3.63) is 65.7 Å². The van der Waals surface area contributed by atoms with Crippen molar-refractivity contribution in [3.63, 3.8) is 0 Å². The second-order valence-corrected chi connectivity index (χ2v) is 9.85. The van der Waals surface area contributed by atoms with Crippen LogP contribution in [-0.2, 0) is 21.2 Å². The predicted octanol–water partition coefficient (Wildman–Crippen LogP) is 4.11. The van der Waals surface area contributed by atoms with Gasteiger partial charge in [0.05, 0.1) is 27.5 Å². The Kier molecular flexibility index (Phi) is 7.40. The zero-order chi connectivity index (χ0) is 22.4. The quantitative estimate of drug-likeness (QED) is 0.354. The minimum absolute atomic E-state index is 0.00699. The van der Waals surface area contributed by atoms with E-state index in [0.717, 1.165) is 28.1 Å². The van der Waals surface area contributed by atoms with Crippen molar-refractivity contribution in [2.24, 2.45) is 4.99 Å². The number of amides is 1. The number of fused-ring (bicyclic) bond motifs is 1. The second kappa shape index (κ2) is 10.0. The van der Waals surface area contributed by atoms with E-state index in [2.05, 4.69) is 11.6 Å². The molecular formula is C22H23FN2O4S2. The SMILES string of the molecule is C=CCn1c(=NC(=O)CCCS(=O)(=O)c2ccc(F)cc2)sc2cc(OCC)ccc21. The van der Waals surface area contributed by atoms with Gasteiger partial charge in [0, 0.05) is 13.0 Å². The summed E-state index contributed by atoms with van der Waals surface area (Å²) < 4.78 is 46.0. The van der Waals surface area contributed by atoms with Crippen LogP contribution >= 0.6 is 11.3 Å². The first-order valence-corrected chi connectivity index (χ1v) is 12.2. The lowest BCUT2D eigenvalue weighted by atomic mass is 10.3. The number of allylic oxidation sites excluding steroid dienone is 1. The van der Waals surface area contributed by atoms with Crippen molar-refractivity contribution >= 4 is 37.3 Å². The monoisotopic (exact) mass is 462 g/mol. The Morgan fingerprint density at radius 2 is 2.00 bits per heavy atom. The normalized spacial score (nSPS) is 12.3. The Hall–Kier alpha value is -2.78. The smallest absolute Gasteiger partial charge is 0.248 e. The Morgan fingerprint density at radius 1 is 1.26 bits per heavy atom. The molecule has 2 aromatic carbocycles. The summed E-state index contributed by atoms with van der Waals surface area (Å²) in [5.41, 5.74) is 0.916. The number of thiazole rings is 1. The molecule has 0 radical (unpaired) electrons. The lowest BCUT2D eigenvalue weighted by molar-refractivity contribution is -0.118. The number of ether oxygens (including phenoxy) is 1. The maximum absolute atomic E-state index is 13.0. The van der Waals surface area contributed by atoms with E-state index in [9.17, 15) is 17.6 Å². The van der Waals surface area contributed by atoms with Gasteiger partial charge in [-0.1, -0.05) is 17.4 Å². The van der Waals surface area contributed by atoms with Crippen LogP contribution in [0.2, 0.25) is 0 Å². The van der Waals surface area contributed by atoms with E-state index in [-0.39, 0.29) is 23.5 Å². The van der Waals surface area contributed by atoms with Crippen molar-refractivity contribution < 1.29 is 22.3 Å². The zero-order valence-corrected chi connectivity index (χ0v) is 18.7. The van der Waals surface area contributed by atoms with Gasteiger partial charge in [-0.05, 0) is 55.8 Å². The molecule has 1 heterocycles. The minimum atomic E-state index is -3.58. The molecule has 1 aromatic heterocycles. The van der Waals surface area contributed by atoms with E-state index in [4.69, 9.17) is 4.74 Å². The third kappa shape index (κ3) is 5.68. The highest BCUT2D eigenvalue weighted by Crippen LogP contribution is 2.23. The van der Waals surface area contributed by atoms with Gasteiger partial charge in [0.15, 0.2) is 14.6 Å². The standard InChI is InChI=1S/C22H23FN2O4S2/c1-3-13-25-19-12-9-17(29-4-2)15-20(19)30-22(25)24-21(26)6-5-14-31(27,28)18-10-7-16(23)8-11-18/h3,7-12,15H,1,4-6,13-14H2,2H3. The van der Waals surface area contributed by atoms with E-state index in [1.807, 2.05) is 29.7 Å². The maximum Gasteiger partial charge on any atom is 0.248 e. The van der Waals surface area contributed by atoms with Gasteiger partial charge < -0.3 is 9.30 Å². The molecule has 164 valence electrons. The molecule has 9 heteroatoms. The van der Waals surface area contributed by atoms with Crippen molar-refractivity contribution in [2.45, 2.75) is 31.2 Å². The van der Waals surface area contributed by atoms with Crippen LogP contribution in [0.4, 0.5) is 4.39 Å². The van der Waals surface area contributed by atoms with Crippen LogP contribution in [0.25, 0.3) is 10.2 Å². The molecule has 0 aliphatic heterocycles. The van der Waals surface area contributed by atoms with Crippen molar-refractivity contribution in [3.8, 4) is 5.75 Å². The fraction of sp³-hybridized carbons (Fsp3) is 0.273. The van der Waals surface area contributed by atoms with Gasteiger partial charge in [0.25, 0.3) is 0 Å². The second-order valence-electron chi connectivity index (χ2n) is 6.73. The number of benzene rings is 2. The minimum Gasteiger partial charge on any atom is -0.494 e. The summed E-state index contributed by atoms with van der Waals surface area (Å²) in [5, 5.41) is 0. The fourth-order valence-corrected chi connectivity index (χ4v) is 5.43. The van der Waals surface area contributed by atoms with Crippen LogP contribution in [0.5, 0.6) is 5.75 Å². The number of rotatable bonds is 9. The summed E-state index contributed by atoms with van der Waals surface area (Å²) >= 11 is 1.36. The number of sulfone groups is 1. The Balaban J connectivity index is 1.76. The van der Waals surface area contributed by atoms with Crippen LogP contribution in [-0.4, -0.2) is 31.3 Å². The third-order valence-corrected chi connectivity index (χ3v) is 7.33. The molecule has 3 aromatic rings. The molecule has 0 saturated heterocycles. The molecule has 1 amide bonds. The first-order chi connectivity index (χ1) is 14.8. The molecule has 31 heavy (non-hydrogen) atoms. The first kappa shape index (κ1) is 22.9. The highest BCUT2D eigenvalue weighted by molar-refractivity contribution is 7.91.